The van der Waals surface area contributed by atoms with E-state index in [1.165, 1.54) is 37.9 Å². The molecule has 0 bridgehead atoms. The van der Waals surface area contributed by atoms with Gasteiger partial charge in [-0.15, -0.1) is 0 Å². The van der Waals surface area contributed by atoms with Gasteiger partial charge in [0.1, 0.15) is 0 Å². The minimum Gasteiger partial charge on any atom is -0.316 e. The van der Waals surface area contributed by atoms with Gasteiger partial charge >= 0.3 is 0 Å². The molecule has 0 radical (unpaired) electrons. The summed E-state index contributed by atoms with van der Waals surface area (Å²) in [5, 5.41) is 3.61. The zero-order valence-electron chi connectivity index (χ0n) is 9.15. The summed E-state index contributed by atoms with van der Waals surface area (Å²) in [7, 11) is 0. The minimum absolute atomic E-state index is 0.845. The molecule has 3 rings (SSSR count). The van der Waals surface area contributed by atoms with Crippen LogP contribution in [0.3, 0.4) is 0 Å². The molecule has 1 aromatic rings. The minimum atomic E-state index is 0.845. The Morgan fingerprint density at radius 1 is 1.07 bits per heavy atom. The molecule has 2 saturated carbocycles. The van der Waals surface area contributed by atoms with Crippen molar-refractivity contribution < 1.29 is 0 Å². The largest absolute Gasteiger partial charge is 0.316 e. The topological polar surface area (TPSA) is 12.0 Å². The fourth-order valence-corrected chi connectivity index (χ4v) is 2.38. The molecule has 2 aliphatic carbocycles. The smallest absolute Gasteiger partial charge is 0.00143 e. The van der Waals surface area contributed by atoms with E-state index in [0.29, 0.717) is 0 Å². The monoisotopic (exact) mass is 201 g/mol. The second kappa shape index (κ2) is 3.97. The zero-order valence-corrected chi connectivity index (χ0v) is 9.15. The molecule has 2 unspecified atom stereocenters. The summed E-state index contributed by atoms with van der Waals surface area (Å²) in [6.07, 6.45) is 4.31. The third kappa shape index (κ3) is 2.40. The van der Waals surface area contributed by atoms with Gasteiger partial charge in [-0.2, -0.15) is 0 Å². The van der Waals surface area contributed by atoms with Gasteiger partial charge in [-0.3, -0.25) is 0 Å². The molecule has 0 amide bonds. The van der Waals surface area contributed by atoms with Crippen molar-refractivity contribution in [1.29, 1.82) is 0 Å². The first kappa shape index (κ1) is 9.41. The molecule has 0 heterocycles. The van der Waals surface area contributed by atoms with Gasteiger partial charge in [0.2, 0.25) is 0 Å². The van der Waals surface area contributed by atoms with E-state index in [2.05, 4.69) is 35.6 Å². The third-order valence-corrected chi connectivity index (χ3v) is 3.69. The molecule has 2 atom stereocenters. The first-order valence-electron chi connectivity index (χ1n) is 6.19. The Labute approximate surface area is 91.9 Å². The predicted molar refractivity (Wildman–Crippen MR) is 62.9 cm³/mol. The number of benzene rings is 1. The SMILES string of the molecule is c1ccc(C2CC2CNCC2CC2)cc1. The van der Waals surface area contributed by atoms with Gasteiger partial charge in [0.15, 0.2) is 0 Å². The Kier molecular flexibility index (Phi) is 2.49. The summed E-state index contributed by atoms with van der Waals surface area (Å²) in [6.45, 7) is 2.49. The highest BCUT2D eigenvalue weighted by Gasteiger charge is 2.37. The molecule has 0 saturated heterocycles. The maximum atomic E-state index is 3.61. The average Bonchev–Trinajstić information content (AvgIpc) is 3.13. The summed E-state index contributed by atoms with van der Waals surface area (Å²) in [6, 6.07) is 11.0. The molecule has 1 heteroatoms. The molecular formula is C14H19N. The number of hydrogen-bond donors (Lipinski definition) is 1. The van der Waals surface area contributed by atoms with E-state index < -0.39 is 0 Å². The molecular weight excluding hydrogens is 182 g/mol. The van der Waals surface area contributed by atoms with Crippen molar-refractivity contribution in [3.05, 3.63) is 35.9 Å². The lowest BCUT2D eigenvalue weighted by atomic mass is 10.1. The van der Waals surface area contributed by atoms with Crippen LogP contribution in [0.15, 0.2) is 30.3 Å². The molecule has 2 fully saturated rings. The van der Waals surface area contributed by atoms with E-state index in [0.717, 1.165) is 17.8 Å². The molecule has 15 heavy (non-hydrogen) atoms. The van der Waals surface area contributed by atoms with Crippen molar-refractivity contribution in [2.24, 2.45) is 11.8 Å². The van der Waals surface area contributed by atoms with Gasteiger partial charge in [0.25, 0.3) is 0 Å². The zero-order chi connectivity index (χ0) is 10.1. The molecule has 2 aliphatic rings. The summed E-state index contributed by atoms with van der Waals surface area (Å²) in [4.78, 5) is 0. The van der Waals surface area contributed by atoms with Crippen LogP contribution in [0.25, 0.3) is 0 Å². The summed E-state index contributed by atoms with van der Waals surface area (Å²) in [5.74, 6) is 2.77. The van der Waals surface area contributed by atoms with Crippen molar-refractivity contribution in [2.45, 2.75) is 25.2 Å². The number of hydrogen-bond acceptors (Lipinski definition) is 1. The van der Waals surface area contributed by atoms with Crippen molar-refractivity contribution in [3.63, 3.8) is 0 Å². The van der Waals surface area contributed by atoms with Gasteiger partial charge < -0.3 is 5.32 Å². The van der Waals surface area contributed by atoms with E-state index in [4.69, 9.17) is 0 Å². The van der Waals surface area contributed by atoms with Crippen LogP contribution in [0.4, 0.5) is 0 Å². The summed E-state index contributed by atoms with van der Waals surface area (Å²) >= 11 is 0. The highest BCUT2D eigenvalue weighted by molar-refractivity contribution is 5.25. The lowest BCUT2D eigenvalue weighted by Gasteiger charge is -2.02. The van der Waals surface area contributed by atoms with Crippen LogP contribution in [0.2, 0.25) is 0 Å². The standard InChI is InChI=1S/C14H19N/c1-2-4-12(5-3-1)14-8-13(14)10-15-9-11-6-7-11/h1-5,11,13-15H,6-10H2. The predicted octanol–water partition coefficient (Wildman–Crippen LogP) is 2.79. The molecule has 1 nitrogen and oxygen atoms in total. The van der Waals surface area contributed by atoms with Crippen LogP contribution in [0.5, 0.6) is 0 Å². The Morgan fingerprint density at radius 2 is 1.87 bits per heavy atom. The van der Waals surface area contributed by atoms with E-state index in [1.54, 1.807) is 0 Å². The van der Waals surface area contributed by atoms with Crippen LogP contribution in [-0.2, 0) is 0 Å². The van der Waals surface area contributed by atoms with E-state index in [-0.39, 0.29) is 0 Å². The number of nitrogens with one attached hydrogen (secondary N) is 1. The molecule has 0 aromatic heterocycles. The molecule has 1 N–H and O–H groups in total. The third-order valence-electron chi connectivity index (χ3n) is 3.69. The lowest BCUT2D eigenvalue weighted by Crippen LogP contribution is -2.19. The van der Waals surface area contributed by atoms with Gasteiger partial charge in [-0.25, -0.2) is 0 Å². The fourth-order valence-electron chi connectivity index (χ4n) is 2.38. The fraction of sp³-hybridized carbons (Fsp3) is 0.571. The summed E-state index contributed by atoms with van der Waals surface area (Å²) in [5.41, 5.74) is 1.54. The molecule has 1 aromatic carbocycles. The van der Waals surface area contributed by atoms with Crippen molar-refractivity contribution >= 4 is 0 Å². The van der Waals surface area contributed by atoms with E-state index >= 15 is 0 Å². The second-order valence-corrected chi connectivity index (χ2v) is 5.11. The quantitative estimate of drug-likeness (QED) is 0.772. The van der Waals surface area contributed by atoms with Crippen LogP contribution >= 0.6 is 0 Å². The second-order valence-electron chi connectivity index (χ2n) is 5.11. The van der Waals surface area contributed by atoms with Crippen LogP contribution in [0, 0.1) is 11.8 Å². The number of rotatable bonds is 5. The van der Waals surface area contributed by atoms with E-state index in [1.807, 2.05) is 0 Å². The molecule has 0 spiro atoms. The highest BCUT2D eigenvalue weighted by Crippen LogP contribution is 2.46. The van der Waals surface area contributed by atoms with Crippen LogP contribution in [0.1, 0.15) is 30.7 Å². The van der Waals surface area contributed by atoms with Crippen LogP contribution < -0.4 is 5.32 Å². The van der Waals surface area contributed by atoms with Gasteiger partial charge in [0.05, 0.1) is 0 Å². The first-order valence-corrected chi connectivity index (χ1v) is 6.19. The Balaban J connectivity index is 1.43. The normalized spacial score (nSPS) is 29.1. The molecule has 80 valence electrons. The van der Waals surface area contributed by atoms with Crippen LogP contribution in [-0.4, -0.2) is 13.1 Å². The molecule has 0 aliphatic heterocycles. The van der Waals surface area contributed by atoms with E-state index in [9.17, 15) is 0 Å². The van der Waals surface area contributed by atoms with Crippen molar-refractivity contribution in [1.82, 2.24) is 5.32 Å². The highest BCUT2D eigenvalue weighted by atomic mass is 14.9. The Bertz CT molecular complexity index is 315. The summed E-state index contributed by atoms with van der Waals surface area (Å²) < 4.78 is 0. The van der Waals surface area contributed by atoms with Gasteiger partial charge in [-0.1, -0.05) is 30.3 Å². The van der Waals surface area contributed by atoms with Crippen molar-refractivity contribution in [2.75, 3.05) is 13.1 Å². The maximum absolute atomic E-state index is 3.61. The average molecular weight is 201 g/mol. The van der Waals surface area contributed by atoms with Gasteiger partial charge in [-0.05, 0) is 55.7 Å². The first-order chi connectivity index (χ1) is 7.43. The lowest BCUT2D eigenvalue weighted by molar-refractivity contribution is 0.596. The van der Waals surface area contributed by atoms with Gasteiger partial charge in [0, 0.05) is 0 Å². The van der Waals surface area contributed by atoms with Crippen molar-refractivity contribution in [3.8, 4) is 0 Å². The Hall–Kier alpha value is -0.820. The maximum Gasteiger partial charge on any atom is -0.00143 e. The Morgan fingerprint density at radius 3 is 2.60 bits per heavy atom.